The van der Waals surface area contributed by atoms with Gasteiger partial charge in [-0.25, -0.2) is 4.39 Å². The maximum Gasteiger partial charge on any atom is 0.183 e. The van der Waals surface area contributed by atoms with E-state index in [9.17, 15) is 9.50 Å². The maximum absolute atomic E-state index is 13.8. The first-order chi connectivity index (χ1) is 8.63. The SMILES string of the molecule is OC1CC(Oc2cccc(Cl)c2F)C12CCCC2. The van der Waals surface area contributed by atoms with Gasteiger partial charge in [-0.05, 0) is 25.0 Å². The molecule has 2 aliphatic carbocycles. The van der Waals surface area contributed by atoms with Gasteiger partial charge in [0.25, 0.3) is 0 Å². The summed E-state index contributed by atoms with van der Waals surface area (Å²) in [6.07, 6.45) is 4.40. The van der Waals surface area contributed by atoms with Crippen LogP contribution in [0.4, 0.5) is 4.39 Å². The number of hydrogen-bond acceptors (Lipinski definition) is 2. The summed E-state index contributed by atoms with van der Waals surface area (Å²) in [7, 11) is 0. The predicted octanol–water partition coefficient (Wildman–Crippen LogP) is 3.55. The Bertz CT molecular complexity index is 457. The van der Waals surface area contributed by atoms with Crippen LogP contribution in [0.2, 0.25) is 5.02 Å². The Hall–Kier alpha value is -0.800. The van der Waals surface area contributed by atoms with Crippen LogP contribution >= 0.6 is 11.6 Å². The van der Waals surface area contributed by atoms with Crippen LogP contribution < -0.4 is 4.74 Å². The molecule has 18 heavy (non-hydrogen) atoms. The quantitative estimate of drug-likeness (QED) is 0.891. The predicted molar refractivity (Wildman–Crippen MR) is 67.4 cm³/mol. The van der Waals surface area contributed by atoms with Gasteiger partial charge in [-0.3, -0.25) is 0 Å². The van der Waals surface area contributed by atoms with Crippen molar-refractivity contribution < 1.29 is 14.2 Å². The lowest BCUT2D eigenvalue weighted by molar-refractivity contribution is -0.152. The van der Waals surface area contributed by atoms with Crippen molar-refractivity contribution >= 4 is 11.6 Å². The second-order valence-corrected chi connectivity index (χ2v) is 5.76. The molecule has 1 aromatic carbocycles. The Morgan fingerprint density at radius 3 is 2.72 bits per heavy atom. The lowest BCUT2D eigenvalue weighted by Crippen LogP contribution is -2.58. The first-order valence-electron chi connectivity index (χ1n) is 6.42. The summed E-state index contributed by atoms with van der Waals surface area (Å²) >= 11 is 5.73. The average Bonchev–Trinajstić information content (AvgIpc) is 2.86. The van der Waals surface area contributed by atoms with Gasteiger partial charge in [-0.1, -0.05) is 30.5 Å². The van der Waals surface area contributed by atoms with E-state index in [1.165, 1.54) is 6.07 Å². The van der Waals surface area contributed by atoms with Gasteiger partial charge in [0, 0.05) is 11.8 Å². The Balaban J connectivity index is 1.79. The molecule has 2 fully saturated rings. The van der Waals surface area contributed by atoms with Gasteiger partial charge in [-0.15, -0.1) is 0 Å². The molecule has 0 bridgehead atoms. The molecule has 2 saturated carbocycles. The fourth-order valence-corrected chi connectivity index (χ4v) is 3.47. The van der Waals surface area contributed by atoms with Crippen molar-refractivity contribution in [2.24, 2.45) is 5.41 Å². The Labute approximate surface area is 111 Å². The zero-order valence-corrected chi connectivity index (χ0v) is 10.8. The minimum atomic E-state index is -0.506. The van der Waals surface area contributed by atoms with E-state index in [1.807, 2.05) is 0 Å². The van der Waals surface area contributed by atoms with Gasteiger partial charge in [0.2, 0.25) is 0 Å². The summed E-state index contributed by atoms with van der Waals surface area (Å²) in [6.45, 7) is 0. The average molecular weight is 271 g/mol. The van der Waals surface area contributed by atoms with Gasteiger partial charge in [0.15, 0.2) is 11.6 Å². The highest BCUT2D eigenvalue weighted by molar-refractivity contribution is 6.30. The molecule has 0 aliphatic heterocycles. The molecule has 1 N–H and O–H groups in total. The normalized spacial score (nSPS) is 29.3. The lowest BCUT2D eigenvalue weighted by Gasteiger charge is -2.51. The third-order valence-corrected chi connectivity index (χ3v) is 4.75. The molecule has 2 atom stereocenters. The molecule has 0 aromatic heterocycles. The fraction of sp³-hybridized carbons (Fsp3) is 0.571. The van der Waals surface area contributed by atoms with Gasteiger partial charge < -0.3 is 9.84 Å². The molecule has 0 heterocycles. The molecule has 98 valence electrons. The molecule has 4 heteroatoms. The smallest absolute Gasteiger partial charge is 0.183 e. The van der Waals surface area contributed by atoms with Crippen LogP contribution in [0, 0.1) is 11.2 Å². The lowest BCUT2D eigenvalue weighted by atomic mass is 9.62. The highest BCUT2D eigenvalue weighted by Crippen LogP contribution is 2.54. The van der Waals surface area contributed by atoms with Crippen LogP contribution in [0.15, 0.2) is 18.2 Å². The highest BCUT2D eigenvalue weighted by atomic mass is 35.5. The topological polar surface area (TPSA) is 29.5 Å². The first-order valence-corrected chi connectivity index (χ1v) is 6.80. The van der Waals surface area contributed by atoms with Crippen LogP contribution in [0.5, 0.6) is 5.75 Å². The van der Waals surface area contributed by atoms with Crippen LogP contribution in [0.25, 0.3) is 0 Å². The second-order valence-electron chi connectivity index (χ2n) is 5.35. The van der Waals surface area contributed by atoms with Crippen LogP contribution in [-0.4, -0.2) is 17.3 Å². The van der Waals surface area contributed by atoms with Gasteiger partial charge in [0.05, 0.1) is 11.1 Å². The van der Waals surface area contributed by atoms with E-state index in [1.54, 1.807) is 12.1 Å². The van der Waals surface area contributed by atoms with Crippen molar-refractivity contribution in [2.45, 2.75) is 44.3 Å². The molecular weight excluding hydrogens is 255 g/mol. The minimum absolute atomic E-state index is 0.0767. The molecule has 0 radical (unpaired) electrons. The third kappa shape index (κ3) is 1.72. The van der Waals surface area contributed by atoms with Crippen LogP contribution in [0.3, 0.4) is 0 Å². The first kappa shape index (κ1) is 12.2. The Morgan fingerprint density at radius 1 is 1.33 bits per heavy atom. The van der Waals surface area contributed by atoms with Crippen LogP contribution in [0.1, 0.15) is 32.1 Å². The van der Waals surface area contributed by atoms with Crippen molar-refractivity contribution in [1.82, 2.24) is 0 Å². The molecule has 0 amide bonds. The summed E-state index contributed by atoms with van der Waals surface area (Å²) in [5.41, 5.74) is -0.144. The maximum atomic E-state index is 13.8. The standard InChI is InChI=1S/C14H16ClFO2/c15-9-4-3-5-10(13(9)16)18-12-8-11(17)14(12)6-1-2-7-14/h3-5,11-12,17H,1-2,6-8H2. The molecule has 1 aromatic rings. The van der Waals surface area contributed by atoms with E-state index >= 15 is 0 Å². The summed E-state index contributed by atoms with van der Waals surface area (Å²) in [5, 5.41) is 10.0. The number of benzene rings is 1. The van der Waals surface area contributed by atoms with E-state index in [2.05, 4.69) is 0 Å². The number of aliphatic hydroxyl groups excluding tert-OH is 1. The molecule has 1 spiro atoms. The molecule has 0 saturated heterocycles. The number of aliphatic hydroxyl groups is 1. The second kappa shape index (κ2) is 4.39. The van der Waals surface area contributed by atoms with E-state index in [4.69, 9.17) is 16.3 Å². The zero-order valence-electron chi connectivity index (χ0n) is 10.0. The van der Waals surface area contributed by atoms with Crippen molar-refractivity contribution in [1.29, 1.82) is 0 Å². The van der Waals surface area contributed by atoms with Crippen molar-refractivity contribution in [2.75, 3.05) is 0 Å². The van der Waals surface area contributed by atoms with E-state index in [0.29, 0.717) is 6.42 Å². The Morgan fingerprint density at radius 2 is 2.06 bits per heavy atom. The van der Waals surface area contributed by atoms with E-state index in [-0.39, 0.29) is 28.4 Å². The van der Waals surface area contributed by atoms with Crippen molar-refractivity contribution in [3.8, 4) is 5.75 Å². The van der Waals surface area contributed by atoms with Gasteiger partial charge in [0.1, 0.15) is 6.10 Å². The number of rotatable bonds is 2. The third-order valence-electron chi connectivity index (χ3n) is 4.46. The van der Waals surface area contributed by atoms with Gasteiger partial charge >= 0.3 is 0 Å². The molecule has 2 nitrogen and oxygen atoms in total. The molecule has 2 unspecified atom stereocenters. The summed E-state index contributed by atoms with van der Waals surface area (Å²) < 4.78 is 19.5. The molecule has 3 rings (SSSR count). The minimum Gasteiger partial charge on any atom is -0.487 e. The summed E-state index contributed by atoms with van der Waals surface area (Å²) in [4.78, 5) is 0. The summed E-state index contributed by atoms with van der Waals surface area (Å²) in [5.74, 6) is -0.306. The summed E-state index contributed by atoms with van der Waals surface area (Å²) in [6, 6.07) is 4.77. The van der Waals surface area contributed by atoms with Crippen LogP contribution in [-0.2, 0) is 0 Å². The number of halogens is 2. The highest BCUT2D eigenvalue weighted by Gasteiger charge is 2.57. The van der Waals surface area contributed by atoms with E-state index < -0.39 is 5.82 Å². The number of ether oxygens (including phenoxy) is 1. The Kier molecular flexibility index (Phi) is 2.99. The number of hydrogen-bond donors (Lipinski definition) is 1. The zero-order chi connectivity index (χ0) is 12.8. The molecular formula is C14H16ClFO2. The van der Waals surface area contributed by atoms with Crippen molar-refractivity contribution in [3.05, 3.63) is 29.0 Å². The largest absolute Gasteiger partial charge is 0.487 e. The fourth-order valence-electron chi connectivity index (χ4n) is 3.31. The van der Waals surface area contributed by atoms with Gasteiger partial charge in [-0.2, -0.15) is 0 Å². The van der Waals surface area contributed by atoms with Crippen molar-refractivity contribution in [3.63, 3.8) is 0 Å². The monoisotopic (exact) mass is 270 g/mol. The van der Waals surface area contributed by atoms with E-state index in [0.717, 1.165) is 25.7 Å². The molecule has 2 aliphatic rings.